The highest BCUT2D eigenvalue weighted by molar-refractivity contribution is 5.96. The van der Waals surface area contributed by atoms with Gasteiger partial charge in [0.25, 0.3) is 0 Å². The Morgan fingerprint density at radius 1 is 1.33 bits per heavy atom. The van der Waals surface area contributed by atoms with E-state index >= 15 is 0 Å². The third-order valence-electron chi connectivity index (χ3n) is 2.71. The van der Waals surface area contributed by atoms with Crippen molar-refractivity contribution in [3.63, 3.8) is 0 Å². The number of nitro groups is 1. The number of ketones is 1. The minimum Gasteiger partial charge on any atom is -0.490 e. The van der Waals surface area contributed by atoms with Gasteiger partial charge < -0.3 is 9.47 Å². The van der Waals surface area contributed by atoms with E-state index in [1.54, 1.807) is 12.1 Å². The van der Waals surface area contributed by atoms with Crippen LogP contribution >= 0.6 is 0 Å². The van der Waals surface area contributed by atoms with Crippen LogP contribution in [0.25, 0.3) is 0 Å². The number of carbonyl (C=O) groups is 1. The number of aromatic nitrogens is 1. The van der Waals surface area contributed by atoms with Gasteiger partial charge in [0, 0.05) is 6.20 Å². The van der Waals surface area contributed by atoms with Crippen LogP contribution in [-0.2, 0) is 0 Å². The van der Waals surface area contributed by atoms with E-state index in [0.29, 0.717) is 5.56 Å². The zero-order valence-corrected chi connectivity index (χ0v) is 11.4. The molecule has 1 aromatic carbocycles. The predicted octanol–water partition coefficient (Wildman–Crippen LogP) is 2.99. The summed E-state index contributed by atoms with van der Waals surface area (Å²) in [5, 5.41) is 11.0. The van der Waals surface area contributed by atoms with Gasteiger partial charge in [0.2, 0.25) is 5.88 Å². The van der Waals surface area contributed by atoms with Crippen LogP contribution in [0.2, 0.25) is 0 Å². The summed E-state index contributed by atoms with van der Waals surface area (Å²) in [5.74, 6) is 0.217. The lowest BCUT2D eigenvalue weighted by atomic mass is 10.2. The molecule has 0 saturated carbocycles. The first kappa shape index (κ1) is 14.4. The number of nitrogens with zero attached hydrogens (tertiary/aromatic N) is 2. The van der Waals surface area contributed by atoms with E-state index in [0.717, 1.165) is 0 Å². The lowest BCUT2D eigenvalue weighted by molar-refractivity contribution is -0.385. The fourth-order valence-electron chi connectivity index (χ4n) is 1.73. The van der Waals surface area contributed by atoms with Crippen LogP contribution in [-0.4, -0.2) is 22.8 Å². The maximum Gasteiger partial charge on any atom is 0.314 e. The first-order valence-electron chi connectivity index (χ1n) is 5.99. The third kappa shape index (κ3) is 3.14. The minimum absolute atomic E-state index is 0.101. The van der Waals surface area contributed by atoms with E-state index in [-0.39, 0.29) is 28.8 Å². The maximum atomic E-state index is 11.5. The summed E-state index contributed by atoms with van der Waals surface area (Å²) in [6.45, 7) is 1.39. The number of methoxy groups -OCH3 is 1. The monoisotopic (exact) mass is 288 g/mol. The molecular weight excluding hydrogens is 276 g/mol. The van der Waals surface area contributed by atoms with Crippen molar-refractivity contribution in [3.8, 4) is 17.4 Å². The average Bonchev–Trinajstić information content (AvgIpc) is 2.47. The molecule has 1 aromatic heterocycles. The second-order valence-electron chi connectivity index (χ2n) is 4.11. The van der Waals surface area contributed by atoms with Gasteiger partial charge in [-0.25, -0.2) is 4.98 Å². The normalized spacial score (nSPS) is 10.0. The number of hydrogen-bond donors (Lipinski definition) is 0. The van der Waals surface area contributed by atoms with Crippen LogP contribution < -0.4 is 9.47 Å². The number of benzene rings is 1. The quantitative estimate of drug-likeness (QED) is 0.477. The Balaban J connectivity index is 2.39. The van der Waals surface area contributed by atoms with E-state index in [1.807, 2.05) is 0 Å². The van der Waals surface area contributed by atoms with Crippen LogP contribution in [0.3, 0.4) is 0 Å². The van der Waals surface area contributed by atoms with Gasteiger partial charge in [-0.15, -0.1) is 0 Å². The molecule has 0 spiro atoms. The lowest BCUT2D eigenvalue weighted by Crippen LogP contribution is -2.00. The van der Waals surface area contributed by atoms with E-state index in [9.17, 15) is 14.9 Å². The Bertz CT molecular complexity index is 700. The summed E-state index contributed by atoms with van der Waals surface area (Å²) in [6, 6.07) is 7.33. The highest BCUT2D eigenvalue weighted by atomic mass is 16.6. The molecule has 0 radical (unpaired) electrons. The summed E-state index contributed by atoms with van der Waals surface area (Å²) < 4.78 is 10.4. The summed E-state index contributed by atoms with van der Waals surface area (Å²) in [7, 11) is 1.34. The van der Waals surface area contributed by atoms with Crippen molar-refractivity contribution in [2.45, 2.75) is 6.92 Å². The first-order valence-corrected chi connectivity index (χ1v) is 5.99. The molecule has 0 aliphatic rings. The Morgan fingerprint density at radius 3 is 2.71 bits per heavy atom. The van der Waals surface area contributed by atoms with Gasteiger partial charge in [-0.1, -0.05) is 0 Å². The molecule has 2 aromatic rings. The molecule has 108 valence electrons. The van der Waals surface area contributed by atoms with E-state index in [1.165, 1.54) is 38.4 Å². The topological polar surface area (TPSA) is 91.6 Å². The number of nitro benzene ring substituents is 1. The minimum atomic E-state index is -0.573. The number of hydrogen-bond acceptors (Lipinski definition) is 6. The largest absolute Gasteiger partial charge is 0.490 e. The number of carbonyl (C=O) groups excluding carboxylic acids is 1. The molecule has 1 heterocycles. The lowest BCUT2D eigenvalue weighted by Gasteiger charge is -2.08. The van der Waals surface area contributed by atoms with Crippen molar-refractivity contribution in [1.29, 1.82) is 0 Å². The van der Waals surface area contributed by atoms with Crippen LogP contribution in [0, 0.1) is 10.1 Å². The van der Waals surface area contributed by atoms with Gasteiger partial charge in [-0.2, -0.15) is 0 Å². The van der Waals surface area contributed by atoms with E-state index < -0.39 is 4.92 Å². The molecule has 0 fully saturated rings. The van der Waals surface area contributed by atoms with Gasteiger partial charge in [0.1, 0.15) is 5.75 Å². The first-order chi connectivity index (χ1) is 10.0. The maximum absolute atomic E-state index is 11.5. The van der Waals surface area contributed by atoms with Gasteiger partial charge >= 0.3 is 5.69 Å². The molecule has 0 unspecified atom stereocenters. The third-order valence-corrected chi connectivity index (χ3v) is 2.71. The molecule has 0 N–H and O–H groups in total. The molecule has 0 aliphatic carbocycles. The van der Waals surface area contributed by atoms with Crippen LogP contribution in [0.5, 0.6) is 17.4 Å². The Kier molecular flexibility index (Phi) is 4.13. The summed E-state index contributed by atoms with van der Waals surface area (Å²) in [4.78, 5) is 25.8. The molecule has 0 amide bonds. The second-order valence-corrected chi connectivity index (χ2v) is 4.11. The van der Waals surface area contributed by atoms with Crippen molar-refractivity contribution in [3.05, 3.63) is 52.2 Å². The van der Waals surface area contributed by atoms with Crippen molar-refractivity contribution in [2.24, 2.45) is 0 Å². The van der Waals surface area contributed by atoms with Gasteiger partial charge in [-0.05, 0) is 31.2 Å². The Hall–Kier alpha value is -2.96. The van der Waals surface area contributed by atoms with E-state index in [4.69, 9.17) is 9.47 Å². The number of pyridine rings is 1. The van der Waals surface area contributed by atoms with Crippen molar-refractivity contribution in [2.75, 3.05) is 7.11 Å². The van der Waals surface area contributed by atoms with E-state index in [2.05, 4.69) is 4.98 Å². The zero-order valence-electron chi connectivity index (χ0n) is 11.4. The van der Waals surface area contributed by atoms with Crippen LogP contribution in [0.15, 0.2) is 36.5 Å². The number of ether oxygens (including phenoxy) is 2. The van der Waals surface area contributed by atoms with Gasteiger partial charge in [0.05, 0.1) is 23.7 Å². The Labute approximate surface area is 120 Å². The van der Waals surface area contributed by atoms with Crippen LogP contribution in [0.1, 0.15) is 17.3 Å². The molecule has 7 nitrogen and oxygen atoms in total. The molecule has 7 heteroatoms. The van der Waals surface area contributed by atoms with Crippen molar-refractivity contribution in [1.82, 2.24) is 4.98 Å². The summed E-state index contributed by atoms with van der Waals surface area (Å²) in [5.41, 5.74) is 0.0753. The Morgan fingerprint density at radius 2 is 2.10 bits per heavy atom. The molecule has 0 bridgehead atoms. The number of Topliss-reactive ketones (excluding diaryl/α,β-unsaturated/α-hetero) is 1. The zero-order chi connectivity index (χ0) is 15.4. The fourth-order valence-corrected chi connectivity index (χ4v) is 1.73. The van der Waals surface area contributed by atoms with Gasteiger partial charge in [-0.3, -0.25) is 14.9 Å². The number of rotatable bonds is 5. The molecule has 21 heavy (non-hydrogen) atoms. The van der Waals surface area contributed by atoms with Crippen LogP contribution in [0.4, 0.5) is 5.69 Å². The summed E-state index contributed by atoms with van der Waals surface area (Å²) in [6.07, 6.45) is 1.47. The molecule has 0 atom stereocenters. The summed E-state index contributed by atoms with van der Waals surface area (Å²) >= 11 is 0. The SMILES string of the molecule is COc1ccc(Oc2ncccc2C(C)=O)cc1[N+](=O)[O-]. The fraction of sp³-hybridized carbons (Fsp3) is 0.143. The van der Waals surface area contributed by atoms with Gasteiger partial charge in [0.15, 0.2) is 11.5 Å². The smallest absolute Gasteiger partial charge is 0.314 e. The predicted molar refractivity (Wildman–Crippen MR) is 74.0 cm³/mol. The van der Waals surface area contributed by atoms with Crippen molar-refractivity contribution < 1.29 is 19.2 Å². The molecular formula is C14H12N2O5. The molecule has 2 rings (SSSR count). The highest BCUT2D eigenvalue weighted by Gasteiger charge is 2.17. The molecule has 0 saturated heterocycles. The standard InChI is InChI=1S/C14H12N2O5/c1-9(17)11-4-3-7-15-14(11)21-10-5-6-13(20-2)12(8-10)16(18)19/h3-8H,1-2H3. The highest BCUT2D eigenvalue weighted by Crippen LogP contribution is 2.33. The molecule has 0 aliphatic heterocycles. The second kappa shape index (κ2) is 6.00. The average molecular weight is 288 g/mol. The van der Waals surface area contributed by atoms with Crippen molar-refractivity contribution >= 4 is 11.5 Å².